The molecule has 0 fully saturated rings. The third kappa shape index (κ3) is 2.60. The van der Waals surface area contributed by atoms with Crippen LogP contribution >= 0.6 is 0 Å². The van der Waals surface area contributed by atoms with Gasteiger partial charge in [-0.2, -0.15) is 0 Å². The van der Waals surface area contributed by atoms with E-state index in [4.69, 9.17) is 5.11 Å². The zero-order valence-corrected chi connectivity index (χ0v) is 9.29. The third-order valence-corrected chi connectivity index (χ3v) is 2.37. The Balaban J connectivity index is 2.07. The summed E-state index contributed by atoms with van der Waals surface area (Å²) in [5.74, 6) is -0.155. The summed E-state index contributed by atoms with van der Waals surface area (Å²) in [4.78, 5) is 10.8. The molecule has 2 aromatic rings. The molecule has 0 saturated heterocycles. The van der Waals surface area contributed by atoms with Crippen LogP contribution in [0.25, 0.3) is 0 Å². The number of rotatable bonds is 4. The third-order valence-electron chi connectivity index (χ3n) is 2.37. The fourth-order valence-electron chi connectivity index (χ4n) is 1.41. The van der Waals surface area contributed by atoms with Crippen LogP contribution < -0.4 is 5.32 Å². The molecule has 88 valence electrons. The number of aromatic nitrogens is 3. The van der Waals surface area contributed by atoms with E-state index in [1.807, 2.05) is 13.1 Å². The van der Waals surface area contributed by atoms with Crippen molar-refractivity contribution < 1.29 is 9.90 Å². The molecule has 17 heavy (non-hydrogen) atoms. The van der Waals surface area contributed by atoms with Crippen molar-refractivity contribution in [3.05, 3.63) is 42.0 Å². The van der Waals surface area contributed by atoms with Crippen LogP contribution in [0.2, 0.25) is 0 Å². The second-order valence-electron chi connectivity index (χ2n) is 3.60. The molecular weight excluding hydrogens is 220 g/mol. The fourth-order valence-corrected chi connectivity index (χ4v) is 1.41. The normalized spacial score (nSPS) is 10.2. The topological polar surface area (TPSA) is 80.0 Å². The van der Waals surface area contributed by atoms with Crippen LogP contribution in [-0.2, 0) is 13.6 Å². The highest BCUT2D eigenvalue weighted by Gasteiger charge is 2.04. The smallest absolute Gasteiger partial charge is 0.335 e. The molecule has 6 nitrogen and oxygen atoms in total. The van der Waals surface area contributed by atoms with Crippen molar-refractivity contribution in [2.45, 2.75) is 6.54 Å². The van der Waals surface area contributed by atoms with Crippen molar-refractivity contribution in [3.63, 3.8) is 0 Å². The second-order valence-corrected chi connectivity index (χ2v) is 3.60. The van der Waals surface area contributed by atoms with Crippen LogP contribution in [0.4, 0.5) is 5.69 Å². The lowest BCUT2D eigenvalue weighted by Gasteiger charge is -2.06. The molecule has 0 atom stereocenters. The van der Waals surface area contributed by atoms with E-state index in [-0.39, 0.29) is 5.56 Å². The Hall–Kier alpha value is -2.37. The molecule has 0 spiro atoms. The van der Waals surface area contributed by atoms with E-state index in [9.17, 15) is 4.79 Å². The van der Waals surface area contributed by atoms with Crippen molar-refractivity contribution in [1.29, 1.82) is 0 Å². The maximum atomic E-state index is 10.8. The number of carboxylic acid groups (broad SMARTS) is 1. The molecule has 1 aromatic heterocycles. The number of anilines is 1. The zero-order chi connectivity index (χ0) is 12.3. The summed E-state index contributed by atoms with van der Waals surface area (Å²) in [5, 5.41) is 19.6. The van der Waals surface area contributed by atoms with Crippen molar-refractivity contribution >= 4 is 11.7 Å². The van der Waals surface area contributed by atoms with Crippen LogP contribution in [0.1, 0.15) is 16.2 Å². The van der Waals surface area contributed by atoms with Gasteiger partial charge in [0, 0.05) is 12.7 Å². The van der Waals surface area contributed by atoms with Crippen molar-refractivity contribution in [3.8, 4) is 0 Å². The van der Waals surface area contributed by atoms with Gasteiger partial charge in [0.1, 0.15) is 6.33 Å². The van der Waals surface area contributed by atoms with E-state index >= 15 is 0 Å². The van der Waals surface area contributed by atoms with Crippen LogP contribution in [0, 0.1) is 0 Å². The second kappa shape index (κ2) is 4.65. The first-order chi connectivity index (χ1) is 8.16. The Morgan fingerprint density at radius 1 is 1.53 bits per heavy atom. The van der Waals surface area contributed by atoms with E-state index in [0.717, 1.165) is 11.5 Å². The maximum absolute atomic E-state index is 10.8. The highest BCUT2D eigenvalue weighted by Crippen LogP contribution is 2.11. The molecule has 1 aromatic carbocycles. The summed E-state index contributed by atoms with van der Waals surface area (Å²) in [6.45, 7) is 0.500. The Bertz CT molecular complexity index is 536. The minimum absolute atomic E-state index is 0.257. The molecule has 0 unspecified atom stereocenters. The number of nitrogens with one attached hydrogen (secondary N) is 1. The highest BCUT2D eigenvalue weighted by molar-refractivity contribution is 5.88. The monoisotopic (exact) mass is 232 g/mol. The Labute approximate surface area is 97.9 Å². The van der Waals surface area contributed by atoms with Gasteiger partial charge in [-0.05, 0) is 18.2 Å². The Kier molecular flexibility index (Phi) is 3.04. The van der Waals surface area contributed by atoms with Gasteiger partial charge in [0.25, 0.3) is 0 Å². The molecular formula is C11H12N4O2. The first-order valence-corrected chi connectivity index (χ1v) is 5.07. The highest BCUT2D eigenvalue weighted by atomic mass is 16.4. The molecule has 0 saturated carbocycles. The first-order valence-electron chi connectivity index (χ1n) is 5.07. The van der Waals surface area contributed by atoms with Crippen LogP contribution in [0.3, 0.4) is 0 Å². The maximum Gasteiger partial charge on any atom is 0.335 e. The minimum atomic E-state index is -0.938. The Morgan fingerprint density at radius 3 is 3.00 bits per heavy atom. The summed E-state index contributed by atoms with van der Waals surface area (Å²) >= 11 is 0. The molecule has 2 rings (SSSR count). The van der Waals surface area contributed by atoms with Gasteiger partial charge >= 0.3 is 5.97 Å². The SMILES string of the molecule is Cn1cnnc1CNc1cccc(C(=O)O)c1. The van der Waals surface area contributed by atoms with Crippen molar-refractivity contribution in [2.24, 2.45) is 7.05 Å². The lowest BCUT2D eigenvalue weighted by molar-refractivity contribution is 0.0697. The number of nitrogens with zero attached hydrogens (tertiary/aromatic N) is 3. The lowest BCUT2D eigenvalue weighted by atomic mass is 10.2. The average molecular weight is 232 g/mol. The van der Waals surface area contributed by atoms with Gasteiger partial charge in [-0.25, -0.2) is 4.79 Å². The summed E-state index contributed by atoms with van der Waals surface area (Å²) in [7, 11) is 1.85. The van der Waals surface area contributed by atoms with Gasteiger partial charge in [0.2, 0.25) is 0 Å². The average Bonchev–Trinajstić information content (AvgIpc) is 2.72. The molecule has 0 radical (unpaired) electrons. The fraction of sp³-hybridized carbons (Fsp3) is 0.182. The zero-order valence-electron chi connectivity index (χ0n) is 9.29. The quantitative estimate of drug-likeness (QED) is 0.825. The summed E-state index contributed by atoms with van der Waals surface area (Å²) < 4.78 is 1.80. The number of aromatic carboxylic acids is 1. The van der Waals surface area contributed by atoms with Crippen LogP contribution in [0.5, 0.6) is 0 Å². The number of benzene rings is 1. The number of carbonyl (C=O) groups is 1. The van der Waals surface area contributed by atoms with E-state index in [2.05, 4.69) is 15.5 Å². The van der Waals surface area contributed by atoms with Gasteiger partial charge < -0.3 is 15.0 Å². The van der Waals surface area contributed by atoms with Gasteiger partial charge in [-0.3, -0.25) is 0 Å². The molecule has 6 heteroatoms. The minimum Gasteiger partial charge on any atom is -0.478 e. The van der Waals surface area contributed by atoms with Crippen LogP contribution in [0.15, 0.2) is 30.6 Å². The van der Waals surface area contributed by atoms with Gasteiger partial charge in [-0.15, -0.1) is 10.2 Å². The molecule has 1 heterocycles. The lowest BCUT2D eigenvalue weighted by Crippen LogP contribution is -2.06. The predicted molar refractivity (Wildman–Crippen MR) is 61.7 cm³/mol. The standard InChI is InChI=1S/C11H12N4O2/c1-15-7-13-14-10(15)6-12-9-4-2-3-8(5-9)11(16)17/h2-5,7,12H,6H2,1H3,(H,16,17). The number of aryl methyl sites for hydroxylation is 1. The summed E-state index contributed by atoms with van der Waals surface area (Å²) in [5.41, 5.74) is 1.00. The van der Waals surface area contributed by atoms with Crippen LogP contribution in [-0.4, -0.2) is 25.8 Å². The van der Waals surface area contributed by atoms with Crippen molar-refractivity contribution in [2.75, 3.05) is 5.32 Å². The largest absolute Gasteiger partial charge is 0.478 e. The molecule has 0 aliphatic rings. The molecule has 2 N–H and O–H groups in total. The van der Waals surface area contributed by atoms with E-state index in [1.54, 1.807) is 29.1 Å². The molecule has 0 aliphatic heterocycles. The van der Waals surface area contributed by atoms with E-state index in [1.165, 1.54) is 0 Å². The first kappa shape index (κ1) is 11.1. The number of carboxylic acids is 1. The Morgan fingerprint density at radius 2 is 2.35 bits per heavy atom. The number of hydrogen-bond donors (Lipinski definition) is 2. The molecule has 0 bridgehead atoms. The predicted octanol–water partition coefficient (Wildman–Crippen LogP) is 1.13. The van der Waals surface area contributed by atoms with Gasteiger partial charge in [0.15, 0.2) is 5.82 Å². The van der Waals surface area contributed by atoms with E-state index < -0.39 is 5.97 Å². The summed E-state index contributed by atoms with van der Waals surface area (Å²) in [6, 6.07) is 6.64. The van der Waals surface area contributed by atoms with Crippen molar-refractivity contribution in [1.82, 2.24) is 14.8 Å². The summed E-state index contributed by atoms with van der Waals surface area (Å²) in [6.07, 6.45) is 1.62. The van der Waals surface area contributed by atoms with Gasteiger partial charge in [-0.1, -0.05) is 6.07 Å². The van der Waals surface area contributed by atoms with E-state index in [0.29, 0.717) is 6.54 Å². The van der Waals surface area contributed by atoms with Gasteiger partial charge in [0.05, 0.1) is 12.1 Å². The number of hydrogen-bond acceptors (Lipinski definition) is 4. The molecule has 0 amide bonds. The molecule has 0 aliphatic carbocycles.